The van der Waals surface area contributed by atoms with Crippen LogP contribution in [0.4, 0.5) is 5.69 Å². The number of amides is 1. The lowest BCUT2D eigenvalue weighted by Gasteiger charge is -2.14. The molecule has 3 aromatic carbocycles. The smallest absolute Gasteiger partial charge is 0.358 e. The largest absolute Gasteiger partial charge is 0.448 e. The zero-order chi connectivity index (χ0) is 21.1. The zero-order valence-corrected chi connectivity index (χ0v) is 17.4. The van der Waals surface area contributed by atoms with Crippen molar-refractivity contribution in [2.75, 3.05) is 5.32 Å². The predicted octanol–water partition coefficient (Wildman–Crippen LogP) is 5.46. The number of fused-ring (bicyclic) bond motifs is 1. The second-order valence-electron chi connectivity index (χ2n) is 6.97. The minimum atomic E-state index is -0.957. The Morgan fingerprint density at radius 1 is 1.00 bits per heavy atom. The third kappa shape index (κ3) is 4.23. The fourth-order valence-electron chi connectivity index (χ4n) is 3.04. The quantitative estimate of drug-likeness (QED) is 0.439. The Bertz CT molecular complexity index is 1210. The summed E-state index contributed by atoms with van der Waals surface area (Å²) in [5.41, 5.74) is 2.96. The van der Waals surface area contributed by atoms with Gasteiger partial charge in [-0.2, -0.15) is 0 Å². The van der Waals surface area contributed by atoms with Crippen LogP contribution in [0.3, 0.4) is 0 Å². The van der Waals surface area contributed by atoms with E-state index in [9.17, 15) is 9.59 Å². The summed E-state index contributed by atoms with van der Waals surface area (Å²) in [7, 11) is 0. The van der Waals surface area contributed by atoms with Crippen LogP contribution in [0.1, 0.15) is 23.0 Å². The first kappa shape index (κ1) is 19.8. The van der Waals surface area contributed by atoms with Crippen LogP contribution in [0.15, 0.2) is 72.1 Å². The van der Waals surface area contributed by atoms with Gasteiger partial charge in [0.2, 0.25) is 0 Å². The normalized spacial score (nSPS) is 11.8. The summed E-state index contributed by atoms with van der Waals surface area (Å²) in [4.78, 5) is 29.4. The molecule has 0 saturated heterocycles. The number of benzene rings is 3. The maximum atomic E-state index is 12.6. The highest BCUT2D eigenvalue weighted by atomic mass is 32.1. The number of esters is 1. The molecular formula is C24H20N2O3S. The molecule has 5 nitrogen and oxygen atoms in total. The fraction of sp³-hybridized carbons (Fsp3) is 0.125. The number of carbonyl (C=O) groups excluding carboxylic acids is 2. The van der Waals surface area contributed by atoms with Crippen molar-refractivity contribution in [3.8, 4) is 10.6 Å². The molecule has 30 heavy (non-hydrogen) atoms. The topological polar surface area (TPSA) is 68.3 Å². The summed E-state index contributed by atoms with van der Waals surface area (Å²) >= 11 is 1.36. The van der Waals surface area contributed by atoms with Gasteiger partial charge in [-0.3, -0.25) is 4.79 Å². The van der Waals surface area contributed by atoms with Crippen molar-refractivity contribution in [1.29, 1.82) is 0 Å². The first-order valence-electron chi connectivity index (χ1n) is 9.53. The molecule has 0 unspecified atom stereocenters. The van der Waals surface area contributed by atoms with E-state index in [2.05, 4.69) is 10.3 Å². The van der Waals surface area contributed by atoms with E-state index in [1.165, 1.54) is 11.3 Å². The van der Waals surface area contributed by atoms with Crippen molar-refractivity contribution >= 4 is 39.7 Å². The number of hydrogen-bond acceptors (Lipinski definition) is 5. The number of aryl methyl sites for hydroxylation is 1. The summed E-state index contributed by atoms with van der Waals surface area (Å²) in [6, 6.07) is 21.3. The number of aromatic nitrogens is 1. The van der Waals surface area contributed by atoms with Gasteiger partial charge in [0.25, 0.3) is 5.91 Å². The van der Waals surface area contributed by atoms with Gasteiger partial charge in [-0.25, -0.2) is 9.78 Å². The molecule has 6 heteroatoms. The van der Waals surface area contributed by atoms with Gasteiger partial charge in [0.1, 0.15) is 5.01 Å². The molecule has 0 bridgehead atoms. The van der Waals surface area contributed by atoms with E-state index in [-0.39, 0.29) is 5.69 Å². The Balaban J connectivity index is 1.43. The number of ether oxygens (including phenoxy) is 1. The van der Waals surface area contributed by atoms with E-state index >= 15 is 0 Å². The van der Waals surface area contributed by atoms with Gasteiger partial charge in [-0.1, -0.05) is 66.2 Å². The molecular weight excluding hydrogens is 396 g/mol. The van der Waals surface area contributed by atoms with Crippen molar-refractivity contribution in [3.63, 3.8) is 0 Å². The van der Waals surface area contributed by atoms with E-state index in [1.54, 1.807) is 12.3 Å². The Morgan fingerprint density at radius 2 is 1.73 bits per heavy atom. The van der Waals surface area contributed by atoms with Crippen LogP contribution in [0.2, 0.25) is 0 Å². The van der Waals surface area contributed by atoms with Gasteiger partial charge >= 0.3 is 5.97 Å². The van der Waals surface area contributed by atoms with Crippen LogP contribution < -0.4 is 5.32 Å². The first-order chi connectivity index (χ1) is 14.5. The number of carbonyl (C=O) groups is 2. The molecule has 0 radical (unpaired) electrons. The molecule has 0 fully saturated rings. The van der Waals surface area contributed by atoms with Crippen LogP contribution in [-0.4, -0.2) is 23.0 Å². The Labute approximate surface area is 178 Å². The van der Waals surface area contributed by atoms with Crippen molar-refractivity contribution in [2.45, 2.75) is 20.0 Å². The third-order valence-corrected chi connectivity index (χ3v) is 5.60. The highest BCUT2D eigenvalue weighted by Gasteiger charge is 2.21. The molecule has 1 amide bonds. The van der Waals surface area contributed by atoms with E-state index in [4.69, 9.17) is 4.74 Å². The third-order valence-electron chi connectivity index (χ3n) is 4.71. The minimum Gasteiger partial charge on any atom is -0.448 e. The number of nitrogens with one attached hydrogen (secondary N) is 1. The SMILES string of the molecule is Cc1ccc(-c2nc(C(=O)O[C@@H](C)C(=O)Nc3cccc4ccccc34)cs2)cc1. The molecule has 4 rings (SSSR count). The van der Waals surface area contributed by atoms with Gasteiger partial charge in [0, 0.05) is 22.0 Å². The van der Waals surface area contributed by atoms with Crippen molar-refractivity contribution < 1.29 is 14.3 Å². The van der Waals surface area contributed by atoms with Crippen molar-refractivity contribution in [1.82, 2.24) is 4.98 Å². The number of nitrogens with zero attached hydrogens (tertiary/aromatic N) is 1. The van der Waals surface area contributed by atoms with E-state index in [1.807, 2.05) is 73.7 Å². The zero-order valence-electron chi connectivity index (χ0n) is 16.6. The second kappa shape index (κ2) is 8.47. The van der Waals surface area contributed by atoms with E-state index in [0.29, 0.717) is 5.69 Å². The van der Waals surface area contributed by atoms with Gasteiger partial charge < -0.3 is 10.1 Å². The molecule has 0 aliphatic carbocycles. The molecule has 1 heterocycles. The first-order valence-corrected chi connectivity index (χ1v) is 10.4. The summed E-state index contributed by atoms with van der Waals surface area (Å²) in [6.07, 6.45) is -0.957. The van der Waals surface area contributed by atoms with Crippen LogP contribution >= 0.6 is 11.3 Å². The number of thiazole rings is 1. The van der Waals surface area contributed by atoms with Crippen molar-refractivity contribution in [2.24, 2.45) is 0 Å². The molecule has 0 aliphatic rings. The molecule has 1 aromatic heterocycles. The number of hydrogen-bond donors (Lipinski definition) is 1. The minimum absolute atomic E-state index is 0.195. The lowest BCUT2D eigenvalue weighted by Crippen LogP contribution is -2.30. The Hall–Kier alpha value is -3.51. The summed E-state index contributed by atoms with van der Waals surface area (Å²) in [6.45, 7) is 3.56. The van der Waals surface area contributed by atoms with Gasteiger partial charge in [-0.15, -0.1) is 11.3 Å². The standard InChI is InChI=1S/C24H20N2O3S/c1-15-10-12-18(13-11-15)23-26-21(14-30-23)24(28)29-16(2)22(27)25-20-9-5-7-17-6-3-4-8-19(17)20/h3-14,16H,1-2H3,(H,25,27)/t16-/m0/s1. The molecule has 0 spiro atoms. The highest BCUT2D eigenvalue weighted by Crippen LogP contribution is 2.25. The van der Waals surface area contributed by atoms with Crippen molar-refractivity contribution in [3.05, 3.63) is 83.4 Å². The maximum absolute atomic E-state index is 12.6. The molecule has 1 atom stereocenters. The lowest BCUT2D eigenvalue weighted by molar-refractivity contribution is -0.123. The Kier molecular flexibility index (Phi) is 5.59. The van der Waals surface area contributed by atoms with Crippen LogP contribution in [0.25, 0.3) is 21.3 Å². The fourth-order valence-corrected chi connectivity index (χ4v) is 3.83. The van der Waals surface area contributed by atoms with Gasteiger partial charge in [0.05, 0.1) is 0 Å². The highest BCUT2D eigenvalue weighted by molar-refractivity contribution is 7.13. The summed E-state index contributed by atoms with van der Waals surface area (Å²) in [5, 5.41) is 7.17. The summed E-state index contributed by atoms with van der Waals surface area (Å²) in [5.74, 6) is -1.01. The summed E-state index contributed by atoms with van der Waals surface area (Å²) < 4.78 is 5.34. The van der Waals surface area contributed by atoms with Crippen LogP contribution in [0.5, 0.6) is 0 Å². The molecule has 0 aliphatic heterocycles. The predicted molar refractivity (Wildman–Crippen MR) is 120 cm³/mol. The second-order valence-corrected chi connectivity index (χ2v) is 7.83. The van der Waals surface area contributed by atoms with Gasteiger partial charge in [-0.05, 0) is 25.3 Å². The van der Waals surface area contributed by atoms with Crippen LogP contribution in [0, 0.1) is 6.92 Å². The monoisotopic (exact) mass is 416 g/mol. The van der Waals surface area contributed by atoms with E-state index in [0.717, 1.165) is 26.9 Å². The molecule has 1 N–H and O–H groups in total. The Morgan fingerprint density at radius 3 is 2.53 bits per heavy atom. The van der Waals surface area contributed by atoms with E-state index < -0.39 is 18.0 Å². The van der Waals surface area contributed by atoms with Gasteiger partial charge in [0.15, 0.2) is 11.8 Å². The maximum Gasteiger partial charge on any atom is 0.358 e. The molecule has 4 aromatic rings. The molecule has 0 saturated carbocycles. The molecule has 150 valence electrons. The van der Waals surface area contributed by atoms with Crippen LogP contribution in [-0.2, 0) is 9.53 Å². The number of rotatable bonds is 5. The average Bonchev–Trinajstić information content (AvgIpc) is 3.25. The lowest BCUT2D eigenvalue weighted by atomic mass is 10.1. The average molecular weight is 417 g/mol. The number of anilines is 1.